The molecule has 2 N–H and O–H groups in total. The van der Waals surface area contributed by atoms with Gasteiger partial charge in [0.15, 0.2) is 6.61 Å². The quantitative estimate of drug-likeness (QED) is 0.555. The summed E-state index contributed by atoms with van der Waals surface area (Å²) < 4.78 is 4.84. The largest absolute Gasteiger partial charge is 0.454 e. The van der Waals surface area contributed by atoms with Gasteiger partial charge in [0.25, 0.3) is 5.91 Å². The highest BCUT2D eigenvalue weighted by atomic mass is 16.5. The van der Waals surface area contributed by atoms with Crippen LogP contribution in [0.3, 0.4) is 0 Å². The van der Waals surface area contributed by atoms with Crippen molar-refractivity contribution in [1.29, 1.82) is 0 Å². The molecule has 140 valence electrons. The molecule has 0 fully saturated rings. The van der Waals surface area contributed by atoms with Gasteiger partial charge in [-0.1, -0.05) is 49.4 Å². The van der Waals surface area contributed by atoms with Crippen LogP contribution in [0.2, 0.25) is 0 Å². The van der Waals surface area contributed by atoms with Gasteiger partial charge in [0.05, 0.1) is 0 Å². The van der Waals surface area contributed by atoms with Crippen molar-refractivity contribution >= 4 is 29.5 Å². The summed E-state index contributed by atoms with van der Waals surface area (Å²) in [5.41, 5.74) is 2.67. The first-order chi connectivity index (χ1) is 13.1. The van der Waals surface area contributed by atoms with Crippen LogP contribution >= 0.6 is 0 Å². The number of ether oxygens (including phenoxy) is 1. The fourth-order valence-corrected chi connectivity index (χ4v) is 2.17. The van der Waals surface area contributed by atoms with Gasteiger partial charge < -0.3 is 15.4 Å². The molecular weight excluding hydrogens is 344 g/mol. The van der Waals surface area contributed by atoms with Gasteiger partial charge in [-0.3, -0.25) is 14.4 Å². The summed E-state index contributed by atoms with van der Waals surface area (Å²) in [6, 6.07) is 16.7. The molecule has 0 radical (unpaired) electrons. The molecule has 0 aliphatic heterocycles. The molecule has 6 nitrogen and oxygen atoms in total. The maximum Gasteiger partial charge on any atom is 0.325 e. The van der Waals surface area contributed by atoms with Crippen LogP contribution < -0.4 is 10.6 Å². The molecule has 0 heterocycles. The number of anilines is 1. The monoisotopic (exact) mass is 366 g/mol. The second-order valence-corrected chi connectivity index (χ2v) is 5.72. The van der Waals surface area contributed by atoms with E-state index in [1.807, 2.05) is 49.4 Å². The first kappa shape index (κ1) is 19.9. The molecule has 0 bridgehead atoms. The zero-order chi connectivity index (χ0) is 19.5. The minimum Gasteiger partial charge on any atom is -0.454 e. The third-order valence-corrected chi connectivity index (χ3v) is 3.64. The second kappa shape index (κ2) is 10.6. The van der Waals surface area contributed by atoms with Crippen LogP contribution in [0.15, 0.2) is 60.7 Å². The summed E-state index contributed by atoms with van der Waals surface area (Å²) in [5, 5.41) is 5.04. The lowest BCUT2D eigenvalue weighted by molar-refractivity contribution is -0.146. The van der Waals surface area contributed by atoms with Crippen molar-refractivity contribution in [3.8, 4) is 0 Å². The minimum absolute atomic E-state index is 0.309. The van der Waals surface area contributed by atoms with E-state index in [0.29, 0.717) is 5.69 Å². The highest BCUT2D eigenvalue weighted by molar-refractivity contribution is 5.95. The maximum atomic E-state index is 11.8. The van der Waals surface area contributed by atoms with E-state index in [2.05, 4.69) is 10.6 Å². The number of amides is 2. The summed E-state index contributed by atoms with van der Waals surface area (Å²) in [4.78, 5) is 35.1. The van der Waals surface area contributed by atoms with Crippen molar-refractivity contribution in [2.24, 2.45) is 0 Å². The average molecular weight is 366 g/mol. The van der Waals surface area contributed by atoms with Gasteiger partial charge >= 0.3 is 5.97 Å². The minimum atomic E-state index is -0.687. The average Bonchev–Trinajstić information content (AvgIpc) is 2.70. The van der Waals surface area contributed by atoms with E-state index in [1.54, 1.807) is 18.2 Å². The van der Waals surface area contributed by atoms with E-state index in [1.165, 1.54) is 6.08 Å². The zero-order valence-corrected chi connectivity index (χ0v) is 15.1. The van der Waals surface area contributed by atoms with Crippen molar-refractivity contribution in [3.05, 3.63) is 71.8 Å². The Labute approximate surface area is 158 Å². The number of hydrogen-bond acceptors (Lipinski definition) is 4. The SMILES string of the molecule is CCc1ccc(NC(=O)COC(=O)CNC(=O)/C=C/c2ccccc2)cc1. The molecule has 6 heteroatoms. The Morgan fingerprint density at radius 1 is 1.00 bits per heavy atom. The van der Waals surface area contributed by atoms with Crippen LogP contribution in [0.4, 0.5) is 5.69 Å². The number of nitrogens with one attached hydrogen (secondary N) is 2. The van der Waals surface area contributed by atoms with Gasteiger partial charge in [-0.15, -0.1) is 0 Å². The van der Waals surface area contributed by atoms with Crippen molar-refractivity contribution in [2.75, 3.05) is 18.5 Å². The predicted molar refractivity (Wildman–Crippen MR) is 104 cm³/mol. The molecule has 0 aliphatic rings. The van der Waals surface area contributed by atoms with Gasteiger partial charge in [0.2, 0.25) is 5.91 Å². The summed E-state index contributed by atoms with van der Waals surface area (Å²) in [7, 11) is 0. The Morgan fingerprint density at radius 2 is 1.70 bits per heavy atom. The van der Waals surface area contributed by atoms with Crippen LogP contribution in [0, 0.1) is 0 Å². The van der Waals surface area contributed by atoms with E-state index in [0.717, 1.165) is 17.5 Å². The fourth-order valence-electron chi connectivity index (χ4n) is 2.17. The van der Waals surface area contributed by atoms with E-state index in [9.17, 15) is 14.4 Å². The number of esters is 1. The Kier molecular flexibility index (Phi) is 7.78. The van der Waals surface area contributed by atoms with Crippen molar-refractivity contribution < 1.29 is 19.1 Å². The molecule has 2 amide bonds. The zero-order valence-electron chi connectivity index (χ0n) is 15.1. The van der Waals surface area contributed by atoms with E-state index < -0.39 is 24.4 Å². The van der Waals surface area contributed by atoms with Crippen LogP contribution in [0.5, 0.6) is 0 Å². The number of benzene rings is 2. The van der Waals surface area contributed by atoms with Gasteiger partial charge in [0.1, 0.15) is 6.54 Å². The number of hydrogen-bond donors (Lipinski definition) is 2. The predicted octanol–water partition coefficient (Wildman–Crippen LogP) is 2.56. The second-order valence-electron chi connectivity index (χ2n) is 5.72. The first-order valence-electron chi connectivity index (χ1n) is 8.62. The molecular formula is C21H22N2O4. The molecule has 0 spiro atoms. The molecule has 0 saturated carbocycles. The lowest BCUT2D eigenvalue weighted by atomic mass is 10.1. The highest BCUT2D eigenvalue weighted by Gasteiger charge is 2.09. The maximum absolute atomic E-state index is 11.8. The molecule has 2 aromatic rings. The van der Waals surface area contributed by atoms with Gasteiger partial charge in [0, 0.05) is 11.8 Å². The van der Waals surface area contributed by atoms with E-state index in [-0.39, 0.29) is 6.54 Å². The van der Waals surface area contributed by atoms with Crippen LogP contribution in [-0.2, 0) is 25.5 Å². The van der Waals surface area contributed by atoms with Gasteiger partial charge in [-0.05, 0) is 35.8 Å². The first-order valence-corrected chi connectivity index (χ1v) is 8.62. The molecule has 0 atom stereocenters. The molecule has 0 aliphatic carbocycles. The number of aryl methyl sites for hydroxylation is 1. The lowest BCUT2D eigenvalue weighted by Crippen LogP contribution is -2.31. The lowest BCUT2D eigenvalue weighted by Gasteiger charge is -2.07. The molecule has 2 rings (SSSR count). The molecule has 2 aromatic carbocycles. The topological polar surface area (TPSA) is 84.5 Å². The van der Waals surface area contributed by atoms with Crippen molar-refractivity contribution in [1.82, 2.24) is 5.32 Å². The molecule has 27 heavy (non-hydrogen) atoms. The third-order valence-electron chi connectivity index (χ3n) is 3.64. The summed E-state index contributed by atoms with van der Waals surface area (Å²) in [6.07, 6.45) is 3.88. The van der Waals surface area contributed by atoms with Gasteiger partial charge in [-0.2, -0.15) is 0 Å². The Hall–Kier alpha value is -3.41. The Balaban J connectivity index is 1.66. The standard InChI is InChI=1S/C21H22N2O4/c1-2-16-8-11-18(12-9-16)23-20(25)15-27-21(26)14-22-19(24)13-10-17-6-4-3-5-7-17/h3-13H,2,14-15H2,1H3,(H,22,24)(H,23,25)/b13-10+. The number of carbonyl (C=O) groups is 3. The molecule has 0 saturated heterocycles. The Morgan fingerprint density at radius 3 is 2.37 bits per heavy atom. The summed E-state index contributed by atoms with van der Waals surface area (Å²) >= 11 is 0. The van der Waals surface area contributed by atoms with E-state index >= 15 is 0 Å². The highest BCUT2D eigenvalue weighted by Crippen LogP contribution is 2.09. The fraction of sp³-hybridized carbons (Fsp3) is 0.190. The summed E-state index contributed by atoms with van der Waals surface area (Å²) in [6.45, 7) is 1.32. The number of rotatable bonds is 8. The number of carbonyl (C=O) groups excluding carboxylic acids is 3. The van der Waals surface area contributed by atoms with Crippen LogP contribution in [0.25, 0.3) is 6.08 Å². The molecule has 0 unspecified atom stereocenters. The van der Waals surface area contributed by atoms with Crippen LogP contribution in [0.1, 0.15) is 18.1 Å². The van der Waals surface area contributed by atoms with Crippen molar-refractivity contribution in [2.45, 2.75) is 13.3 Å². The van der Waals surface area contributed by atoms with Crippen molar-refractivity contribution in [3.63, 3.8) is 0 Å². The molecule has 0 aromatic heterocycles. The third kappa shape index (κ3) is 7.56. The van der Waals surface area contributed by atoms with Gasteiger partial charge in [-0.25, -0.2) is 0 Å². The normalized spacial score (nSPS) is 10.4. The summed E-state index contributed by atoms with van der Waals surface area (Å²) in [5.74, 6) is -1.55. The smallest absolute Gasteiger partial charge is 0.325 e. The van der Waals surface area contributed by atoms with Crippen LogP contribution in [-0.4, -0.2) is 30.9 Å². The van der Waals surface area contributed by atoms with E-state index in [4.69, 9.17) is 4.74 Å². The Bertz CT molecular complexity index is 799.